The number of hydrogen-bond donors (Lipinski definition) is 1. The topological polar surface area (TPSA) is 55.4 Å². The van der Waals surface area contributed by atoms with E-state index in [4.69, 9.17) is 0 Å². The third-order valence-corrected chi connectivity index (χ3v) is 3.50. The van der Waals surface area contributed by atoms with Crippen LogP contribution in [0.4, 0.5) is 10.1 Å². The highest BCUT2D eigenvalue weighted by Crippen LogP contribution is 2.20. The normalized spacial score (nSPS) is 11.6. The smallest absolute Gasteiger partial charge is 0.337 e. The van der Waals surface area contributed by atoms with Crippen molar-refractivity contribution in [2.45, 2.75) is 19.3 Å². The number of methoxy groups -OCH3 is 1. The van der Waals surface area contributed by atoms with Crippen molar-refractivity contribution in [3.63, 3.8) is 0 Å². The highest BCUT2D eigenvalue weighted by Gasteiger charge is 2.12. The Hall–Kier alpha value is -2.69. The van der Waals surface area contributed by atoms with Gasteiger partial charge in [-0.15, -0.1) is 0 Å². The Morgan fingerprint density at radius 1 is 1.17 bits per heavy atom. The zero-order valence-corrected chi connectivity index (χ0v) is 13.0. The van der Waals surface area contributed by atoms with Gasteiger partial charge in [0.1, 0.15) is 5.82 Å². The highest BCUT2D eigenvalue weighted by atomic mass is 19.1. The van der Waals surface area contributed by atoms with Gasteiger partial charge >= 0.3 is 5.97 Å². The standard InChI is InChI=1S/C18H18FNO3/c1-12(13-6-8-15(19)9-7-13)10-17(21)20-16-5-3-4-14(11-16)18(22)23-2/h3-9,11-12H,10H2,1-2H3,(H,20,21). The molecule has 1 unspecified atom stereocenters. The number of esters is 1. The summed E-state index contributed by atoms with van der Waals surface area (Å²) in [5.41, 5.74) is 1.80. The lowest BCUT2D eigenvalue weighted by Gasteiger charge is -2.12. The van der Waals surface area contributed by atoms with Crippen molar-refractivity contribution >= 4 is 17.6 Å². The zero-order chi connectivity index (χ0) is 16.8. The van der Waals surface area contributed by atoms with Crippen LogP contribution in [0.1, 0.15) is 35.2 Å². The quantitative estimate of drug-likeness (QED) is 0.855. The van der Waals surface area contributed by atoms with E-state index >= 15 is 0 Å². The number of halogens is 1. The molecule has 0 bridgehead atoms. The third kappa shape index (κ3) is 4.64. The van der Waals surface area contributed by atoms with Gasteiger partial charge < -0.3 is 10.1 Å². The summed E-state index contributed by atoms with van der Waals surface area (Å²) in [6, 6.07) is 12.6. The first-order valence-electron chi connectivity index (χ1n) is 7.23. The molecule has 2 aromatic carbocycles. The SMILES string of the molecule is COC(=O)c1cccc(NC(=O)CC(C)c2ccc(F)cc2)c1. The van der Waals surface area contributed by atoms with Crippen LogP contribution >= 0.6 is 0 Å². The van der Waals surface area contributed by atoms with E-state index in [0.29, 0.717) is 11.3 Å². The number of benzene rings is 2. The monoisotopic (exact) mass is 315 g/mol. The highest BCUT2D eigenvalue weighted by molar-refractivity contribution is 5.94. The molecule has 1 amide bonds. The Bertz CT molecular complexity index is 698. The van der Waals surface area contributed by atoms with Crippen LogP contribution in [0.2, 0.25) is 0 Å². The van der Waals surface area contributed by atoms with Crippen LogP contribution in [-0.4, -0.2) is 19.0 Å². The van der Waals surface area contributed by atoms with E-state index < -0.39 is 5.97 Å². The van der Waals surface area contributed by atoms with E-state index in [-0.39, 0.29) is 24.1 Å². The first-order valence-corrected chi connectivity index (χ1v) is 7.23. The van der Waals surface area contributed by atoms with Gasteiger partial charge in [0.15, 0.2) is 0 Å². The number of hydrogen-bond acceptors (Lipinski definition) is 3. The second-order valence-corrected chi connectivity index (χ2v) is 5.28. The molecule has 0 fully saturated rings. The summed E-state index contributed by atoms with van der Waals surface area (Å²) in [6.45, 7) is 1.90. The van der Waals surface area contributed by atoms with Crippen LogP contribution in [-0.2, 0) is 9.53 Å². The fourth-order valence-electron chi connectivity index (χ4n) is 2.24. The molecular formula is C18H18FNO3. The second-order valence-electron chi connectivity index (χ2n) is 5.28. The summed E-state index contributed by atoms with van der Waals surface area (Å²) in [5.74, 6) is -0.978. The lowest BCUT2D eigenvalue weighted by atomic mass is 9.97. The number of nitrogens with one attached hydrogen (secondary N) is 1. The Kier molecular flexibility index (Phi) is 5.46. The Morgan fingerprint density at radius 2 is 1.87 bits per heavy atom. The molecule has 5 heteroatoms. The number of carbonyl (C=O) groups excluding carboxylic acids is 2. The molecule has 0 saturated carbocycles. The van der Waals surface area contributed by atoms with Crippen LogP contribution in [0.3, 0.4) is 0 Å². The van der Waals surface area contributed by atoms with Gasteiger partial charge in [0.05, 0.1) is 12.7 Å². The molecule has 2 aromatic rings. The van der Waals surface area contributed by atoms with Gasteiger partial charge in [0, 0.05) is 12.1 Å². The molecule has 0 aromatic heterocycles. The lowest BCUT2D eigenvalue weighted by molar-refractivity contribution is -0.116. The van der Waals surface area contributed by atoms with Gasteiger partial charge in [-0.2, -0.15) is 0 Å². The van der Waals surface area contributed by atoms with E-state index in [9.17, 15) is 14.0 Å². The Balaban J connectivity index is 1.99. The van der Waals surface area contributed by atoms with Crippen LogP contribution in [0.25, 0.3) is 0 Å². The molecule has 0 heterocycles. The molecule has 0 aliphatic rings. The van der Waals surface area contributed by atoms with Crippen molar-refractivity contribution in [1.82, 2.24) is 0 Å². The molecular weight excluding hydrogens is 297 g/mol. The number of ether oxygens (including phenoxy) is 1. The summed E-state index contributed by atoms with van der Waals surface area (Å²) >= 11 is 0. The number of amides is 1. The maximum absolute atomic E-state index is 12.9. The molecule has 1 N–H and O–H groups in total. The minimum atomic E-state index is -0.458. The van der Waals surface area contributed by atoms with Crippen LogP contribution in [0, 0.1) is 5.82 Å². The molecule has 0 aliphatic heterocycles. The summed E-state index contributed by atoms with van der Waals surface area (Å²) in [7, 11) is 1.30. The van der Waals surface area contributed by atoms with Gasteiger partial charge in [-0.05, 0) is 41.8 Å². The molecule has 0 spiro atoms. The molecule has 0 radical (unpaired) electrons. The first kappa shape index (κ1) is 16.7. The van der Waals surface area contributed by atoms with Gasteiger partial charge in [-0.25, -0.2) is 9.18 Å². The first-order chi connectivity index (χ1) is 11.0. The minimum absolute atomic E-state index is 0.0422. The van der Waals surface area contributed by atoms with Gasteiger partial charge in [-0.3, -0.25) is 4.79 Å². The minimum Gasteiger partial charge on any atom is -0.465 e. The fourth-order valence-corrected chi connectivity index (χ4v) is 2.24. The predicted octanol–water partition coefficient (Wildman–Crippen LogP) is 3.74. The van der Waals surface area contributed by atoms with Crippen molar-refractivity contribution < 1.29 is 18.7 Å². The molecule has 1 atom stereocenters. The maximum atomic E-state index is 12.9. The summed E-state index contributed by atoms with van der Waals surface area (Å²) < 4.78 is 17.6. The van der Waals surface area contributed by atoms with E-state index in [0.717, 1.165) is 5.56 Å². The zero-order valence-electron chi connectivity index (χ0n) is 13.0. The van der Waals surface area contributed by atoms with E-state index in [2.05, 4.69) is 10.1 Å². The third-order valence-electron chi connectivity index (χ3n) is 3.50. The number of rotatable bonds is 5. The molecule has 120 valence electrons. The summed E-state index contributed by atoms with van der Waals surface area (Å²) in [5, 5.41) is 2.75. The number of anilines is 1. The van der Waals surface area contributed by atoms with Gasteiger partial charge in [0.2, 0.25) is 5.91 Å². The van der Waals surface area contributed by atoms with Gasteiger partial charge in [-0.1, -0.05) is 25.1 Å². The fraction of sp³-hybridized carbons (Fsp3) is 0.222. The molecule has 4 nitrogen and oxygen atoms in total. The van der Waals surface area contributed by atoms with Crippen molar-refractivity contribution in [1.29, 1.82) is 0 Å². The van der Waals surface area contributed by atoms with Crippen LogP contribution in [0.15, 0.2) is 48.5 Å². The lowest BCUT2D eigenvalue weighted by Crippen LogP contribution is -2.15. The second kappa shape index (κ2) is 7.54. The van der Waals surface area contributed by atoms with E-state index in [1.165, 1.54) is 19.2 Å². The van der Waals surface area contributed by atoms with Gasteiger partial charge in [0.25, 0.3) is 0 Å². The summed E-state index contributed by atoms with van der Waals surface area (Å²) in [4.78, 5) is 23.6. The van der Waals surface area contributed by atoms with Crippen molar-refractivity contribution in [3.8, 4) is 0 Å². The van der Waals surface area contributed by atoms with Crippen molar-refractivity contribution in [2.24, 2.45) is 0 Å². The molecule has 0 aliphatic carbocycles. The van der Waals surface area contributed by atoms with Crippen LogP contribution in [0.5, 0.6) is 0 Å². The van der Waals surface area contributed by atoms with E-state index in [1.54, 1.807) is 36.4 Å². The maximum Gasteiger partial charge on any atom is 0.337 e. The largest absolute Gasteiger partial charge is 0.465 e. The molecule has 2 rings (SSSR count). The average molecular weight is 315 g/mol. The van der Waals surface area contributed by atoms with Crippen molar-refractivity contribution in [2.75, 3.05) is 12.4 Å². The molecule has 23 heavy (non-hydrogen) atoms. The number of carbonyl (C=O) groups is 2. The summed E-state index contributed by atoms with van der Waals surface area (Å²) in [6.07, 6.45) is 0.258. The average Bonchev–Trinajstić information content (AvgIpc) is 2.54. The van der Waals surface area contributed by atoms with E-state index in [1.807, 2.05) is 6.92 Å². The Morgan fingerprint density at radius 3 is 2.52 bits per heavy atom. The Labute approximate surface area is 134 Å². The van der Waals surface area contributed by atoms with Crippen LogP contribution < -0.4 is 5.32 Å². The molecule has 0 saturated heterocycles. The predicted molar refractivity (Wildman–Crippen MR) is 85.8 cm³/mol. The van der Waals surface area contributed by atoms with Crippen molar-refractivity contribution in [3.05, 3.63) is 65.5 Å².